The Balaban J connectivity index is 2.83. The molecule has 0 atom stereocenters. The van der Waals surface area contributed by atoms with Crippen molar-refractivity contribution in [2.75, 3.05) is 6.61 Å². The minimum Gasteiger partial charge on any atom is -0.463 e. The zero-order chi connectivity index (χ0) is 11.1. The molecule has 15 heavy (non-hydrogen) atoms. The Kier molecular flexibility index (Phi) is 4.54. The molecule has 0 N–H and O–H groups in total. The lowest BCUT2D eigenvalue weighted by atomic mass is 10.1. The van der Waals surface area contributed by atoms with Crippen molar-refractivity contribution in [1.29, 1.82) is 0 Å². The molecular formula is C12H15NO2. The first-order valence-corrected chi connectivity index (χ1v) is 5.05. The first kappa shape index (κ1) is 11.4. The Morgan fingerprint density at radius 1 is 1.40 bits per heavy atom. The molecule has 1 aromatic rings. The molecule has 0 bridgehead atoms. The lowest BCUT2D eigenvalue weighted by molar-refractivity contribution is -0.138. The van der Waals surface area contributed by atoms with E-state index in [1.54, 1.807) is 19.3 Å². The fraction of sp³-hybridized carbons (Fsp3) is 0.333. The van der Waals surface area contributed by atoms with Gasteiger partial charge in [-0.3, -0.25) is 4.98 Å². The van der Waals surface area contributed by atoms with E-state index in [1.165, 1.54) is 0 Å². The van der Waals surface area contributed by atoms with Crippen molar-refractivity contribution in [2.24, 2.45) is 0 Å². The Labute approximate surface area is 89.8 Å². The average molecular weight is 205 g/mol. The van der Waals surface area contributed by atoms with Crippen molar-refractivity contribution in [3.05, 3.63) is 35.7 Å². The van der Waals surface area contributed by atoms with E-state index in [-0.39, 0.29) is 5.97 Å². The molecule has 1 heterocycles. The number of ether oxygens (including phenoxy) is 1. The van der Waals surface area contributed by atoms with Gasteiger partial charge in [-0.2, -0.15) is 0 Å². The van der Waals surface area contributed by atoms with E-state index in [0.29, 0.717) is 18.6 Å². The molecule has 0 unspecified atom stereocenters. The highest BCUT2D eigenvalue weighted by molar-refractivity contribution is 5.93. The van der Waals surface area contributed by atoms with Crippen molar-refractivity contribution < 1.29 is 9.53 Å². The third-order valence-electron chi connectivity index (χ3n) is 1.97. The van der Waals surface area contributed by atoms with Crippen LogP contribution >= 0.6 is 0 Å². The van der Waals surface area contributed by atoms with E-state index in [2.05, 4.69) is 4.98 Å². The van der Waals surface area contributed by atoms with Crippen LogP contribution in [0.1, 0.15) is 25.8 Å². The second-order valence-electron chi connectivity index (χ2n) is 3.02. The zero-order valence-electron chi connectivity index (χ0n) is 9.06. The molecule has 0 aliphatic carbocycles. The number of hydrogen-bond donors (Lipinski definition) is 0. The van der Waals surface area contributed by atoms with E-state index in [9.17, 15) is 4.79 Å². The molecule has 0 saturated carbocycles. The van der Waals surface area contributed by atoms with Gasteiger partial charge in [0.25, 0.3) is 0 Å². The molecule has 0 aliphatic rings. The Morgan fingerprint density at radius 2 is 2.07 bits per heavy atom. The molecule has 3 nitrogen and oxygen atoms in total. The van der Waals surface area contributed by atoms with Crippen LogP contribution in [0.5, 0.6) is 0 Å². The molecule has 0 spiro atoms. The summed E-state index contributed by atoms with van der Waals surface area (Å²) in [4.78, 5) is 15.4. The summed E-state index contributed by atoms with van der Waals surface area (Å²) in [6.45, 7) is 4.15. The van der Waals surface area contributed by atoms with Crippen molar-refractivity contribution >= 4 is 12.0 Å². The number of carbonyl (C=O) groups excluding carboxylic acids is 1. The number of aromatic nitrogens is 1. The maximum atomic E-state index is 11.5. The maximum absolute atomic E-state index is 11.5. The van der Waals surface area contributed by atoms with Gasteiger partial charge in [-0.15, -0.1) is 0 Å². The van der Waals surface area contributed by atoms with Gasteiger partial charge >= 0.3 is 5.97 Å². The van der Waals surface area contributed by atoms with Gasteiger partial charge in [0.1, 0.15) is 0 Å². The highest BCUT2D eigenvalue weighted by Crippen LogP contribution is 2.10. The van der Waals surface area contributed by atoms with Gasteiger partial charge in [0.05, 0.1) is 6.61 Å². The molecule has 0 aromatic carbocycles. The second-order valence-corrected chi connectivity index (χ2v) is 3.02. The third kappa shape index (κ3) is 3.54. The van der Waals surface area contributed by atoms with Crippen molar-refractivity contribution in [2.45, 2.75) is 20.3 Å². The standard InChI is InChI=1S/C12H15NO2/c1-3-11(12(14)15-4-2)9-10-5-7-13-8-6-10/h5-9H,3-4H2,1-2H3. The van der Waals surface area contributed by atoms with Crippen LogP contribution in [0.15, 0.2) is 30.1 Å². The number of carbonyl (C=O) groups is 1. The van der Waals surface area contributed by atoms with Crippen molar-refractivity contribution in [1.82, 2.24) is 4.98 Å². The Hall–Kier alpha value is -1.64. The number of esters is 1. The Morgan fingerprint density at radius 3 is 2.60 bits per heavy atom. The highest BCUT2D eigenvalue weighted by Gasteiger charge is 2.07. The fourth-order valence-electron chi connectivity index (χ4n) is 1.19. The van der Waals surface area contributed by atoms with E-state index in [1.807, 2.05) is 25.1 Å². The molecule has 3 heteroatoms. The van der Waals surface area contributed by atoms with Crippen LogP contribution in [0, 0.1) is 0 Å². The number of nitrogens with zero attached hydrogens (tertiary/aromatic N) is 1. The predicted molar refractivity (Wildman–Crippen MR) is 59.1 cm³/mol. The maximum Gasteiger partial charge on any atom is 0.333 e. The van der Waals surface area contributed by atoms with Crippen LogP contribution in [0.25, 0.3) is 6.08 Å². The SMILES string of the molecule is CCOC(=O)C(=Cc1ccncc1)CC. The first-order chi connectivity index (χ1) is 7.27. The van der Waals surface area contributed by atoms with Gasteiger partial charge in [-0.05, 0) is 37.1 Å². The van der Waals surface area contributed by atoms with E-state index in [0.717, 1.165) is 5.56 Å². The van der Waals surface area contributed by atoms with Crippen LogP contribution in [0.4, 0.5) is 0 Å². The monoisotopic (exact) mass is 205 g/mol. The van der Waals surface area contributed by atoms with Crippen molar-refractivity contribution in [3.8, 4) is 0 Å². The topological polar surface area (TPSA) is 39.2 Å². The number of rotatable bonds is 4. The number of pyridine rings is 1. The summed E-state index contributed by atoms with van der Waals surface area (Å²) in [6.07, 6.45) is 5.90. The third-order valence-corrected chi connectivity index (χ3v) is 1.97. The highest BCUT2D eigenvalue weighted by atomic mass is 16.5. The van der Waals surface area contributed by atoms with Crippen LogP contribution < -0.4 is 0 Å². The average Bonchev–Trinajstić information content (AvgIpc) is 2.27. The molecule has 1 aromatic heterocycles. The van der Waals surface area contributed by atoms with E-state index < -0.39 is 0 Å². The molecule has 0 aliphatic heterocycles. The van der Waals surface area contributed by atoms with Gasteiger partial charge in [0, 0.05) is 18.0 Å². The minimum atomic E-state index is -0.239. The van der Waals surface area contributed by atoms with Gasteiger partial charge in [-0.1, -0.05) is 6.92 Å². The zero-order valence-corrected chi connectivity index (χ0v) is 9.06. The summed E-state index contributed by atoms with van der Waals surface area (Å²) in [5, 5.41) is 0. The molecular weight excluding hydrogens is 190 g/mol. The summed E-state index contributed by atoms with van der Waals surface area (Å²) >= 11 is 0. The van der Waals surface area contributed by atoms with Crippen LogP contribution in [-0.4, -0.2) is 17.6 Å². The first-order valence-electron chi connectivity index (χ1n) is 5.05. The summed E-state index contributed by atoms with van der Waals surface area (Å²) in [6, 6.07) is 3.71. The summed E-state index contributed by atoms with van der Waals surface area (Å²) in [7, 11) is 0. The number of hydrogen-bond acceptors (Lipinski definition) is 3. The van der Waals surface area contributed by atoms with Gasteiger partial charge in [-0.25, -0.2) is 4.79 Å². The minimum absolute atomic E-state index is 0.239. The van der Waals surface area contributed by atoms with Gasteiger partial charge in [0.2, 0.25) is 0 Å². The van der Waals surface area contributed by atoms with Gasteiger partial charge < -0.3 is 4.74 Å². The van der Waals surface area contributed by atoms with Crippen LogP contribution in [0.3, 0.4) is 0 Å². The van der Waals surface area contributed by atoms with Crippen LogP contribution in [0.2, 0.25) is 0 Å². The summed E-state index contributed by atoms with van der Waals surface area (Å²) in [5.41, 5.74) is 1.65. The van der Waals surface area contributed by atoms with E-state index in [4.69, 9.17) is 4.74 Å². The summed E-state index contributed by atoms with van der Waals surface area (Å²) < 4.78 is 4.94. The largest absolute Gasteiger partial charge is 0.463 e. The van der Waals surface area contributed by atoms with Crippen LogP contribution in [-0.2, 0) is 9.53 Å². The van der Waals surface area contributed by atoms with Crippen molar-refractivity contribution in [3.63, 3.8) is 0 Å². The fourth-order valence-corrected chi connectivity index (χ4v) is 1.19. The summed E-state index contributed by atoms with van der Waals surface area (Å²) in [5.74, 6) is -0.239. The quantitative estimate of drug-likeness (QED) is 0.559. The van der Waals surface area contributed by atoms with Gasteiger partial charge in [0.15, 0.2) is 0 Å². The normalized spacial score (nSPS) is 11.2. The molecule has 0 saturated heterocycles. The molecule has 80 valence electrons. The predicted octanol–water partition coefficient (Wildman–Crippen LogP) is 2.44. The second kappa shape index (κ2) is 5.96. The molecule has 0 radical (unpaired) electrons. The molecule has 1 rings (SSSR count). The molecule has 0 fully saturated rings. The lowest BCUT2D eigenvalue weighted by Crippen LogP contribution is -2.06. The smallest absolute Gasteiger partial charge is 0.333 e. The Bertz CT molecular complexity index is 344. The molecule has 0 amide bonds. The lowest BCUT2D eigenvalue weighted by Gasteiger charge is -2.04. The van der Waals surface area contributed by atoms with E-state index >= 15 is 0 Å².